The Balaban J connectivity index is 1.92. The highest BCUT2D eigenvalue weighted by Crippen LogP contribution is 2.49. The summed E-state index contributed by atoms with van der Waals surface area (Å²) in [6.45, 7) is 0. The molecule has 1 aliphatic heterocycles. The second kappa shape index (κ2) is 5.31. The summed E-state index contributed by atoms with van der Waals surface area (Å²) in [5, 5.41) is 3.03. The molecular weight excluding hydrogens is 328 g/mol. The second-order valence-electron chi connectivity index (χ2n) is 6.34. The number of hydrogen-bond acceptors (Lipinski definition) is 3. The van der Waals surface area contributed by atoms with Crippen LogP contribution in [0, 0.1) is 5.92 Å². The predicted molar refractivity (Wildman–Crippen MR) is 88.1 cm³/mol. The van der Waals surface area contributed by atoms with E-state index in [-0.39, 0.29) is 17.7 Å². The number of aldehydes is 1. The molecule has 2 aromatic rings. The minimum absolute atomic E-state index is 0.198. The zero-order chi connectivity index (χ0) is 17.0. The number of carbonyl (C=O) groups excluding carboxylic acids is 3. The van der Waals surface area contributed by atoms with Crippen molar-refractivity contribution in [1.29, 1.82) is 0 Å². The zero-order valence-corrected chi connectivity index (χ0v) is 13.7. The number of amides is 2. The van der Waals surface area contributed by atoms with E-state index < -0.39 is 11.8 Å². The number of carbonyl (C=O) groups is 3. The van der Waals surface area contributed by atoms with Gasteiger partial charge in [0, 0.05) is 23.7 Å². The number of nitrogens with one attached hydrogen (secondary N) is 1. The molecule has 5 nitrogen and oxygen atoms in total. The lowest BCUT2D eigenvalue weighted by Crippen LogP contribution is -2.31. The molecule has 1 aliphatic carbocycles. The van der Waals surface area contributed by atoms with Crippen molar-refractivity contribution >= 4 is 29.7 Å². The highest BCUT2D eigenvalue weighted by atomic mass is 35.5. The van der Waals surface area contributed by atoms with E-state index in [4.69, 9.17) is 11.6 Å². The third-order valence-corrected chi connectivity index (χ3v) is 5.57. The molecule has 2 aliphatic rings. The first-order valence-corrected chi connectivity index (χ1v) is 8.13. The van der Waals surface area contributed by atoms with Crippen LogP contribution in [0.5, 0.6) is 0 Å². The fourth-order valence-electron chi connectivity index (χ4n) is 4.09. The molecule has 1 saturated heterocycles. The first-order chi connectivity index (χ1) is 11.5. The standard InChI is InChI=1S/C18H15ClN2O3/c1-21-9(8-22)6-12-14(21)7-11(10-4-2-3-5-13(10)19)15-16(12)18(24)20-17(15)23/h2-6,8,11,15-16H,7H2,1H3,(H,20,23,24). The van der Waals surface area contributed by atoms with E-state index in [1.54, 1.807) is 23.7 Å². The van der Waals surface area contributed by atoms with Crippen molar-refractivity contribution in [3.63, 3.8) is 0 Å². The molecule has 24 heavy (non-hydrogen) atoms. The van der Waals surface area contributed by atoms with Crippen LogP contribution >= 0.6 is 11.6 Å². The van der Waals surface area contributed by atoms with Crippen LogP contribution in [0.1, 0.15) is 39.1 Å². The maximum atomic E-state index is 12.4. The summed E-state index contributed by atoms with van der Waals surface area (Å²) < 4.78 is 1.80. The van der Waals surface area contributed by atoms with Gasteiger partial charge in [0.25, 0.3) is 0 Å². The van der Waals surface area contributed by atoms with Gasteiger partial charge >= 0.3 is 0 Å². The molecule has 0 spiro atoms. The topological polar surface area (TPSA) is 68.2 Å². The van der Waals surface area contributed by atoms with Gasteiger partial charge in [0.05, 0.1) is 17.5 Å². The average molecular weight is 343 g/mol. The van der Waals surface area contributed by atoms with Crippen molar-refractivity contribution in [2.45, 2.75) is 18.3 Å². The third-order valence-electron chi connectivity index (χ3n) is 5.23. The minimum atomic E-state index is -0.567. The van der Waals surface area contributed by atoms with E-state index in [2.05, 4.69) is 5.32 Å². The van der Waals surface area contributed by atoms with E-state index in [9.17, 15) is 14.4 Å². The van der Waals surface area contributed by atoms with Gasteiger partial charge in [0.15, 0.2) is 6.29 Å². The Labute approximate surface area is 143 Å². The van der Waals surface area contributed by atoms with Crippen molar-refractivity contribution in [2.75, 3.05) is 0 Å². The van der Waals surface area contributed by atoms with Crippen molar-refractivity contribution in [3.8, 4) is 0 Å². The molecule has 1 fully saturated rings. The van der Waals surface area contributed by atoms with E-state index in [0.717, 1.165) is 23.1 Å². The third kappa shape index (κ3) is 1.97. The van der Waals surface area contributed by atoms with Crippen LogP contribution in [0.25, 0.3) is 0 Å². The van der Waals surface area contributed by atoms with Crippen LogP contribution in [0.4, 0.5) is 0 Å². The van der Waals surface area contributed by atoms with Crippen molar-refractivity contribution in [2.24, 2.45) is 13.0 Å². The highest BCUT2D eigenvalue weighted by Gasteiger charge is 2.51. The van der Waals surface area contributed by atoms with Crippen LogP contribution in [0.3, 0.4) is 0 Å². The smallest absolute Gasteiger partial charge is 0.235 e. The van der Waals surface area contributed by atoms with Gasteiger partial charge in [0.1, 0.15) is 0 Å². The molecule has 2 amide bonds. The Morgan fingerprint density at radius 2 is 1.96 bits per heavy atom. The summed E-state index contributed by atoms with van der Waals surface area (Å²) in [6.07, 6.45) is 1.33. The Morgan fingerprint density at radius 3 is 2.67 bits per heavy atom. The second-order valence-corrected chi connectivity index (χ2v) is 6.74. The largest absolute Gasteiger partial charge is 0.345 e. The summed E-state index contributed by atoms with van der Waals surface area (Å²) >= 11 is 6.35. The maximum Gasteiger partial charge on any atom is 0.235 e. The number of aromatic nitrogens is 1. The van der Waals surface area contributed by atoms with Crippen molar-refractivity contribution in [3.05, 3.63) is 57.9 Å². The van der Waals surface area contributed by atoms with Gasteiger partial charge in [0.2, 0.25) is 11.8 Å². The molecule has 1 aromatic carbocycles. The van der Waals surface area contributed by atoms with E-state index in [1.165, 1.54) is 0 Å². The molecule has 0 bridgehead atoms. The monoisotopic (exact) mass is 342 g/mol. The van der Waals surface area contributed by atoms with Crippen LogP contribution < -0.4 is 5.32 Å². The van der Waals surface area contributed by atoms with Gasteiger partial charge < -0.3 is 4.57 Å². The molecule has 3 unspecified atom stereocenters. The van der Waals surface area contributed by atoms with Crippen molar-refractivity contribution < 1.29 is 14.4 Å². The SMILES string of the molecule is Cn1c(C=O)cc2c1CC(c1ccccc1Cl)C1C(=O)NC(=O)C21. The molecule has 4 rings (SSSR count). The molecule has 0 radical (unpaired) electrons. The first kappa shape index (κ1) is 15.1. The summed E-state index contributed by atoms with van der Waals surface area (Å²) in [7, 11) is 1.81. The number of benzene rings is 1. The number of halogens is 1. The van der Waals surface area contributed by atoms with Gasteiger partial charge in [-0.05, 0) is 29.7 Å². The summed E-state index contributed by atoms with van der Waals surface area (Å²) in [5.74, 6) is -1.83. The molecule has 1 aromatic heterocycles. The fourth-order valence-corrected chi connectivity index (χ4v) is 4.36. The van der Waals surface area contributed by atoms with Gasteiger partial charge in [-0.2, -0.15) is 0 Å². The van der Waals surface area contributed by atoms with Gasteiger partial charge in [-0.25, -0.2) is 0 Å². The average Bonchev–Trinajstić information content (AvgIpc) is 3.04. The number of nitrogens with zero attached hydrogens (tertiary/aromatic N) is 1. The Bertz CT molecular complexity index is 886. The fraction of sp³-hybridized carbons (Fsp3) is 0.278. The molecule has 3 atom stereocenters. The number of fused-ring (bicyclic) bond motifs is 3. The van der Waals surface area contributed by atoms with Gasteiger partial charge in [-0.1, -0.05) is 29.8 Å². The van der Waals surface area contributed by atoms with E-state index in [1.807, 2.05) is 18.2 Å². The molecule has 1 N–H and O–H groups in total. The lowest BCUT2D eigenvalue weighted by atomic mass is 9.69. The van der Waals surface area contributed by atoms with Crippen LogP contribution in [0.2, 0.25) is 5.02 Å². The summed E-state index contributed by atoms with van der Waals surface area (Å²) in [5.41, 5.74) is 3.05. The lowest BCUT2D eigenvalue weighted by molar-refractivity contribution is -0.126. The molecule has 2 heterocycles. The Hall–Kier alpha value is -2.40. The predicted octanol–water partition coefficient (Wildman–Crippen LogP) is 2.19. The number of rotatable bonds is 2. The van der Waals surface area contributed by atoms with E-state index >= 15 is 0 Å². The van der Waals surface area contributed by atoms with Crippen LogP contribution in [-0.4, -0.2) is 22.7 Å². The lowest BCUT2D eigenvalue weighted by Gasteiger charge is -2.32. The summed E-state index contributed by atoms with van der Waals surface area (Å²) in [6, 6.07) is 9.13. The van der Waals surface area contributed by atoms with Crippen LogP contribution in [-0.2, 0) is 23.1 Å². The zero-order valence-electron chi connectivity index (χ0n) is 13.0. The number of hydrogen-bond donors (Lipinski definition) is 1. The molecule has 122 valence electrons. The Morgan fingerprint density at radius 1 is 1.21 bits per heavy atom. The molecule has 6 heteroatoms. The maximum absolute atomic E-state index is 12.4. The minimum Gasteiger partial charge on any atom is -0.345 e. The highest BCUT2D eigenvalue weighted by molar-refractivity contribution is 6.31. The quantitative estimate of drug-likeness (QED) is 0.672. The van der Waals surface area contributed by atoms with Crippen molar-refractivity contribution in [1.82, 2.24) is 9.88 Å². The molecule has 0 saturated carbocycles. The van der Waals surface area contributed by atoms with Crippen LogP contribution in [0.15, 0.2) is 30.3 Å². The Kier molecular flexibility index (Phi) is 3.35. The normalized spacial score (nSPS) is 25.2. The molecular formula is C18H15ClN2O3. The van der Waals surface area contributed by atoms with Gasteiger partial charge in [-0.3, -0.25) is 19.7 Å². The summed E-state index contributed by atoms with van der Waals surface area (Å²) in [4.78, 5) is 36.1. The first-order valence-electron chi connectivity index (χ1n) is 7.75. The number of imide groups is 1. The van der Waals surface area contributed by atoms with Gasteiger partial charge in [-0.15, -0.1) is 0 Å². The van der Waals surface area contributed by atoms with E-state index in [0.29, 0.717) is 17.1 Å².